The van der Waals surface area contributed by atoms with Gasteiger partial charge in [-0.05, 0) is 51.4 Å². The molecule has 1 heterocycles. The molecule has 1 saturated heterocycles. The van der Waals surface area contributed by atoms with Crippen LogP contribution in [0.2, 0.25) is 0 Å². The van der Waals surface area contributed by atoms with Crippen LogP contribution in [0.3, 0.4) is 0 Å². The summed E-state index contributed by atoms with van der Waals surface area (Å²) in [6.07, 6.45) is 34.9. The van der Waals surface area contributed by atoms with E-state index in [0.717, 1.165) is 44.9 Å². The van der Waals surface area contributed by atoms with Gasteiger partial charge in [-0.3, -0.25) is 14.2 Å². The summed E-state index contributed by atoms with van der Waals surface area (Å²) in [5.41, 5.74) is 0. The maximum absolute atomic E-state index is 12.6. The molecule has 53 heavy (non-hydrogen) atoms. The van der Waals surface area contributed by atoms with E-state index in [1.54, 1.807) is 0 Å². The molecule has 1 rings (SSSR count). The van der Waals surface area contributed by atoms with Crippen molar-refractivity contribution in [1.29, 1.82) is 0 Å². The average molecular weight is 770 g/mol. The summed E-state index contributed by atoms with van der Waals surface area (Å²) in [7, 11) is 1.12. The maximum atomic E-state index is 12.6. The maximum Gasteiger partial charge on any atom is 0.306 e. The lowest BCUT2D eigenvalue weighted by atomic mass is 10.1. The van der Waals surface area contributed by atoms with E-state index in [1.807, 2.05) is 27.2 Å². The molecule has 11 heteroatoms. The predicted molar refractivity (Wildman–Crippen MR) is 212 cm³/mol. The number of carbonyl (C=O) groups is 2. The number of likely N-dealkylation sites (N-methyl/N-ethyl adjacent to an activating group) is 1. The first-order chi connectivity index (χ1) is 25.5. The van der Waals surface area contributed by atoms with E-state index in [0.29, 0.717) is 36.1 Å². The van der Waals surface area contributed by atoms with Crippen LogP contribution in [0.1, 0.15) is 155 Å². The number of nitrogens with zero attached hydrogens (tertiary/aromatic N) is 1. The Hall–Kier alpha value is -1.81. The van der Waals surface area contributed by atoms with Crippen molar-refractivity contribution in [2.75, 3.05) is 47.5 Å². The van der Waals surface area contributed by atoms with Crippen LogP contribution in [0.25, 0.3) is 0 Å². The Morgan fingerprint density at radius 3 is 1.85 bits per heavy atom. The number of hydrogen-bond donors (Lipinski definition) is 0. The van der Waals surface area contributed by atoms with Crippen LogP contribution < -0.4 is 4.89 Å². The van der Waals surface area contributed by atoms with Crippen LogP contribution >= 0.6 is 7.82 Å². The number of ether oxygens (including phenoxy) is 3. The Balaban J connectivity index is 2.35. The van der Waals surface area contributed by atoms with E-state index in [1.165, 1.54) is 70.6 Å². The highest BCUT2D eigenvalue weighted by atomic mass is 31.2. The lowest BCUT2D eigenvalue weighted by Crippen LogP contribution is -2.37. The predicted octanol–water partition coefficient (Wildman–Crippen LogP) is 9.71. The van der Waals surface area contributed by atoms with Gasteiger partial charge in [-0.1, -0.05) is 127 Å². The third-order valence-corrected chi connectivity index (χ3v) is 10.0. The van der Waals surface area contributed by atoms with E-state index in [4.69, 9.17) is 23.3 Å². The Bertz CT molecular complexity index is 1070. The van der Waals surface area contributed by atoms with Crippen molar-refractivity contribution in [2.24, 2.45) is 0 Å². The smallest absolute Gasteiger partial charge is 0.306 e. The summed E-state index contributed by atoms with van der Waals surface area (Å²) in [5.74, 6) is -0.907. The Morgan fingerprint density at radius 1 is 0.679 bits per heavy atom. The van der Waals surface area contributed by atoms with Crippen molar-refractivity contribution in [3.05, 3.63) is 36.5 Å². The van der Waals surface area contributed by atoms with Gasteiger partial charge in [0, 0.05) is 12.8 Å². The quantitative estimate of drug-likeness (QED) is 0.0153. The second kappa shape index (κ2) is 31.4. The molecule has 10 nitrogen and oxygen atoms in total. The number of phosphoric ester groups is 1. The van der Waals surface area contributed by atoms with Gasteiger partial charge in [0.2, 0.25) is 0 Å². The third-order valence-electron chi connectivity index (χ3n) is 9.07. The number of carbonyl (C=O) groups excluding carboxylic acids is 2. The lowest BCUT2D eigenvalue weighted by molar-refractivity contribution is -0.870. The van der Waals surface area contributed by atoms with Gasteiger partial charge in [0.05, 0.1) is 40.0 Å². The number of rotatable bonds is 36. The topological polar surface area (TPSA) is 124 Å². The summed E-state index contributed by atoms with van der Waals surface area (Å²) < 4.78 is 39.5. The molecule has 308 valence electrons. The number of unbranched alkanes of at least 4 members (excludes halogenated alkanes) is 14. The van der Waals surface area contributed by atoms with Crippen molar-refractivity contribution in [3.8, 4) is 0 Å². The molecule has 1 aliphatic rings. The molecular weight excluding hydrogens is 693 g/mol. The van der Waals surface area contributed by atoms with Crippen molar-refractivity contribution in [1.82, 2.24) is 0 Å². The molecule has 4 unspecified atom stereocenters. The zero-order valence-corrected chi connectivity index (χ0v) is 35.0. The first-order valence-electron chi connectivity index (χ1n) is 20.8. The molecule has 0 aromatic rings. The van der Waals surface area contributed by atoms with Crippen molar-refractivity contribution < 1.29 is 46.8 Å². The molecular formula is C42H76NO9P. The van der Waals surface area contributed by atoms with E-state index in [2.05, 4.69) is 44.2 Å². The first-order valence-corrected chi connectivity index (χ1v) is 22.3. The molecule has 0 aromatic heterocycles. The summed E-state index contributed by atoms with van der Waals surface area (Å²) in [5, 5.41) is 0. The summed E-state index contributed by atoms with van der Waals surface area (Å²) >= 11 is 0. The van der Waals surface area contributed by atoms with Gasteiger partial charge < -0.3 is 32.6 Å². The highest BCUT2D eigenvalue weighted by Crippen LogP contribution is 2.38. The van der Waals surface area contributed by atoms with Crippen molar-refractivity contribution in [3.63, 3.8) is 0 Å². The second-order valence-electron chi connectivity index (χ2n) is 15.4. The molecule has 0 radical (unpaired) electrons. The molecule has 1 fully saturated rings. The van der Waals surface area contributed by atoms with Crippen LogP contribution in [-0.2, 0) is 37.4 Å². The van der Waals surface area contributed by atoms with Gasteiger partial charge in [0.15, 0.2) is 6.10 Å². The number of esters is 2. The van der Waals surface area contributed by atoms with Gasteiger partial charge in [0.1, 0.15) is 19.8 Å². The van der Waals surface area contributed by atoms with Gasteiger partial charge >= 0.3 is 11.9 Å². The van der Waals surface area contributed by atoms with Crippen LogP contribution in [0.15, 0.2) is 36.5 Å². The number of epoxide rings is 1. The zero-order chi connectivity index (χ0) is 39.0. The van der Waals surface area contributed by atoms with Gasteiger partial charge in [-0.15, -0.1) is 0 Å². The normalized spacial score (nSPS) is 17.8. The van der Waals surface area contributed by atoms with Crippen LogP contribution in [0.4, 0.5) is 0 Å². The highest BCUT2D eigenvalue weighted by Gasteiger charge is 2.36. The fraction of sp³-hybridized carbons (Fsp3) is 0.810. The minimum absolute atomic E-state index is 0.0431. The fourth-order valence-electron chi connectivity index (χ4n) is 5.63. The van der Waals surface area contributed by atoms with Crippen molar-refractivity contribution in [2.45, 2.75) is 173 Å². The van der Waals surface area contributed by atoms with Crippen LogP contribution in [-0.4, -0.2) is 82.2 Å². The molecule has 0 spiro atoms. The minimum atomic E-state index is -4.64. The highest BCUT2D eigenvalue weighted by molar-refractivity contribution is 7.45. The van der Waals surface area contributed by atoms with Gasteiger partial charge in [0.25, 0.3) is 7.82 Å². The molecule has 0 saturated carbocycles. The first kappa shape index (κ1) is 49.2. The molecule has 0 bridgehead atoms. The molecule has 0 aliphatic carbocycles. The summed E-state index contributed by atoms with van der Waals surface area (Å²) in [6, 6.07) is 0. The Kier molecular flexibility index (Phi) is 29.2. The van der Waals surface area contributed by atoms with Crippen molar-refractivity contribution >= 4 is 19.8 Å². The number of allylic oxidation sites excluding steroid dienone is 4. The van der Waals surface area contributed by atoms with Gasteiger partial charge in [-0.25, -0.2) is 0 Å². The third kappa shape index (κ3) is 32.2. The van der Waals surface area contributed by atoms with E-state index >= 15 is 0 Å². The molecule has 1 aliphatic heterocycles. The zero-order valence-electron chi connectivity index (χ0n) is 34.1. The van der Waals surface area contributed by atoms with E-state index < -0.39 is 32.5 Å². The summed E-state index contributed by atoms with van der Waals surface area (Å²) in [6.45, 7) is 4.10. The SMILES string of the molecule is CCCCC/C=C\CC1OC1C/C=C\C/C=C\CCCC(=O)OC(COC(=O)CCCCCCCCCCCCC)COP(=O)([O-])OCC[N+](C)(C)C. The van der Waals surface area contributed by atoms with E-state index in [9.17, 15) is 19.0 Å². The average Bonchev–Trinajstić information content (AvgIpc) is 3.86. The summed E-state index contributed by atoms with van der Waals surface area (Å²) in [4.78, 5) is 37.4. The van der Waals surface area contributed by atoms with E-state index in [-0.39, 0.29) is 26.1 Å². The largest absolute Gasteiger partial charge is 0.756 e. The second-order valence-corrected chi connectivity index (χ2v) is 16.8. The number of hydrogen-bond acceptors (Lipinski definition) is 9. The molecule has 0 N–H and O–H groups in total. The Labute approximate surface area is 323 Å². The number of quaternary nitrogens is 1. The fourth-order valence-corrected chi connectivity index (χ4v) is 6.36. The lowest BCUT2D eigenvalue weighted by Gasteiger charge is -2.28. The Morgan fingerprint density at radius 2 is 1.21 bits per heavy atom. The van der Waals surface area contributed by atoms with Crippen LogP contribution in [0.5, 0.6) is 0 Å². The molecule has 0 aromatic carbocycles. The molecule has 0 amide bonds. The monoisotopic (exact) mass is 770 g/mol. The standard InChI is InChI=1S/C42H76NO9P/c1-6-8-10-12-14-15-16-17-20-24-28-32-41(44)48-36-38(37-50-53(46,47)49-35-34-43(3,4)5)51-42(45)33-29-25-21-18-19-23-27-31-40-39(52-40)30-26-22-13-11-9-7-2/h18,21-23,26-27,38-40H,6-17,19-20,24-25,28-37H2,1-5H3/b21-18-,26-22-,27-23-. The molecule has 4 atom stereocenters. The van der Waals surface area contributed by atoms with Gasteiger partial charge in [-0.2, -0.15) is 0 Å². The number of phosphoric acid groups is 1. The van der Waals surface area contributed by atoms with Crippen LogP contribution in [0, 0.1) is 0 Å². The minimum Gasteiger partial charge on any atom is -0.756 e.